The van der Waals surface area contributed by atoms with E-state index in [1.54, 1.807) is 24.3 Å². The Labute approximate surface area is 202 Å². The van der Waals surface area contributed by atoms with Gasteiger partial charge in [0.25, 0.3) is 17.7 Å². The monoisotopic (exact) mass is 471 g/mol. The van der Waals surface area contributed by atoms with Crippen LogP contribution >= 0.6 is 11.6 Å². The highest BCUT2D eigenvalue weighted by molar-refractivity contribution is 6.48. The van der Waals surface area contributed by atoms with E-state index in [0.29, 0.717) is 24.3 Å². The van der Waals surface area contributed by atoms with Crippen molar-refractivity contribution in [3.05, 3.63) is 112 Å². The predicted octanol–water partition coefficient (Wildman–Crippen LogP) is 4.32. The van der Waals surface area contributed by atoms with Crippen molar-refractivity contribution < 1.29 is 14.4 Å². The second-order valence-corrected chi connectivity index (χ2v) is 8.70. The number of nitrogens with zero attached hydrogens (tertiary/aromatic N) is 2. The summed E-state index contributed by atoms with van der Waals surface area (Å²) in [7, 11) is 0. The second-order valence-electron chi connectivity index (χ2n) is 8.32. The van der Waals surface area contributed by atoms with Crippen molar-refractivity contribution in [3.63, 3.8) is 0 Å². The van der Waals surface area contributed by atoms with E-state index < -0.39 is 11.8 Å². The number of nitrogens with one attached hydrogen (secondary N) is 1. The average molecular weight is 472 g/mol. The van der Waals surface area contributed by atoms with E-state index in [9.17, 15) is 14.4 Å². The lowest BCUT2D eigenvalue weighted by Crippen LogP contribution is -2.35. The molecule has 0 aliphatic carbocycles. The Morgan fingerprint density at radius 2 is 1.62 bits per heavy atom. The van der Waals surface area contributed by atoms with Crippen molar-refractivity contribution in [2.45, 2.75) is 19.5 Å². The van der Waals surface area contributed by atoms with Crippen LogP contribution in [0.5, 0.6) is 0 Å². The maximum atomic E-state index is 13.2. The maximum absolute atomic E-state index is 13.2. The van der Waals surface area contributed by atoms with Gasteiger partial charge in [0.2, 0.25) is 0 Å². The zero-order valence-corrected chi connectivity index (χ0v) is 19.1. The number of benzene rings is 3. The Morgan fingerprint density at radius 1 is 0.882 bits per heavy atom. The first kappa shape index (κ1) is 21.9. The first-order valence-corrected chi connectivity index (χ1v) is 11.4. The van der Waals surface area contributed by atoms with Crippen molar-refractivity contribution in [3.8, 4) is 0 Å². The minimum absolute atomic E-state index is 0.0131. The molecule has 0 spiro atoms. The molecule has 34 heavy (non-hydrogen) atoms. The van der Waals surface area contributed by atoms with Gasteiger partial charge in [0.05, 0.1) is 6.54 Å². The van der Waals surface area contributed by atoms with Gasteiger partial charge in [-0.15, -0.1) is 0 Å². The molecule has 6 nitrogen and oxygen atoms in total. The fraction of sp³-hybridized carbons (Fsp3) is 0.148. The van der Waals surface area contributed by atoms with E-state index in [1.165, 1.54) is 5.56 Å². The molecule has 7 heteroatoms. The first-order chi connectivity index (χ1) is 16.5. The Bertz CT molecular complexity index is 1320. The van der Waals surface area contributed by atoms with E-state index in [1.807, 2.05) is 53.4 Å². The Hall–Kier alpha value is -3.90. The SMILES string of the molecule is O=C(c1cccc(NC2=C(Cl)C(=O)N(Cc3ccccc3)C2=O)c1)N1CCc2ccccc2C1. The molecule has 5 rings (SSSR count). The van der Waals surface area contributed by atoms with Gasteiger partial charge in [-0.1, -0.05) is 72.3 Å². The van der Waals surface area contributed by atoms with Gasteiger partial charge < -0.3 is 10.2 Å². The third-order valence-electron chi connectivity index (χ3n) is 6.09. The number of imide groups is 1. The van der Waals surface area contributed by atoms with Crippen LogP contribution in [0, 0.1) is 0 Å². The molecule has 2 aliphatic heterocycles. The number of hydrogen-bond acceptors (Lipinski definition) is 4. The minimum Gasteiger partial charge on any atom is -0.350 e. The van der Waals surface area contributed by atoms with Gasteiger partial charge in [-0.2, -0.15) is 0 Å². The number of carbonyl (C=O) groups is 3. The van der Waals surface area contributed by atoms with Crippen LogP contribution in [-0.2, 0) is 29.1 Å². The number of carbonyl (C=O) groups excluding carboxylic acids is 3. The van der Waals surface area contributed by atoms with E-state index >= 15 is 0 Å². The van der Waals surface area contributed by atoms with Crippen molar-refractivity contribution in [2.75, 3.05) is 11.9 Å². The smallest absolute Gasteiger partial charge is 0.279 e. The van der Waals surface area contributed by atoms with Crippen LogP contribution < -0.4 is 5.32 Å². The lowest BCUT2D eigenvalue weighted by molar-refractivity contribution is -0.138. The number of amides is 3. The Kier molecular flexibility index (Phi) is 5.90. The van der Waals surface area contributed by atoms with E-state index in [4.69, 9.17) is 11.6 Å². The van der Waals surface area contributed by atoms with Crippen molar-refractivity contribution in [1.29, 1.82) is 0 Å². The second kappa shape index (κ2) is 9.15. The molecule has 3 amide bonds. The highest BCUT2D eigenvalue weighted by Gasteiger charge is 2.37. The molecule has 0 saturated heterocycles. The van der Waals surface area contributed by atoms with E-state index in [-0.39, 0.29) is 23.2 Å². The molecule has 0 bridgehead atoms. The van der Waals surface area contributed by atoms with Gasteiger partial charge in [0, 0.05) is 24.3 Å². The van der Waals surface area contributed by atoms with Crippen molar-refractivity contribution in [1.82, 2.24) is 9.80 Å². The zero-order chi connectivity index (χ0) is 23.7. The lowest BCUT2D eigenvalue weighted by Gasteiger charge is -2.29. The minimum atomic E-state index is -0.544. The summed E-state index contributed by atoms with van der Waals surface area (Å²) in [4.78, 5) is 41.7. The highest BCUT2D eigenvalue weighted by Crippen LogP contribution is 2.28. The number of halogens is 1. The van der Waals surface area contributed by atoms with Crippen LogP contribution in [0.3, 0.4) is 0 Å². The molecule has 0 saturated carbocycles. The van der Waals surface area contributed by atoms with Crippen LogP contribution in [0.1, 0.15) is 27.0 Å². The summed E-state index contributed by atoms with van der Waals surface area (Å²) in [5, 5.41) is 2.80. The summed E-state index contributed by atoms with van der Waals surface area (Å²) >= 11 is 6.24. The van der Waals surface area contributed by atoms with Gasteiger partial charge in [-0.05, 0) is 41.3 Å². The Morgan fingerprint density at radius 3 is 2.41 bits per heavy atom. The quantitative estimate of drug-likeness (QED) is 0.563. The van der Waals surface area contributed by atoms with Crippen molar-refractivity contribution in [2.24, 2.45) is 0 Å². The number of fused-ring (bicyclic) bond motifs is 1. The largest absolute Gasteiger partial charge is 0.350 e. The Balaban J connectivity index is 1.31. The maximum Gasteiger partial charge on any atom is 0.279 e. The molecule has 2 aliphatic rings. The standard InChI is InChI=1S/C27H22ClN3O3/c28-23-24(27(34)31(26(23)33)16-18-7-2-1-3-8-18)29-22-12-6-11-20(15-22)25(32)30-14-13-19-9-4-5-10-21(19)17-30/h1-12,15,29H,13-14,16-17H2. The summed E-state index contributed by atoms with van der Waals surface area (Å²) in [5.41, 5.74) is 4.28. The molecule has 0 aromatic heterocycles. The summed E-state index contributed by atoms with van der Waals surface area (Å²) < 4.78 is 0. The number of anilines is 1. The molecule has 0 radical (unpaired) electrons. The molecule has 0 fully saturated rings. The molecule has 2 heterocycles. The summed E-state index contributed by atoms with van der Waals surface area (Å²) in [5.74, 6) is -1.13. The fourth-order valence-corrected chi connectivity index (χ4v) is 4.52. The van der Waals surface area contributed by atoms with Crippen LogP contribution in [0.2, 0.25) is 0 Å². The van der Waals surface area contributed by atoms with Crippen LogP contribution in [0.25, 0.3) is 0 Å². The molecular formula is C27H22ClN3O3. The fourth-order valence-electron chi connectivity index (χ4n) is 4.29. The van der Waals surface area contributed by atoms with Gasteiger partial charge in [0.1, 0.15) is 10.7 Å². The summed E-state index contributed by atoms with van der Waals surface area (Å²) in [6.07, 6.45) is 0.816. The van der Waals surface area contributed by atoms with Gasteiger partial charge in [0.15, 0.2) is 0 Å². The first-order valence-electron chi connectivity index (χ1n) is 11.0. The topological polar surface area (TPSA) is 69.7 Å². The number of rotatable bonds is 5. The zero-order valence-electron chi connectivity index (χ0n) is 18.3. The highest BCUT2D eigenvalue weighted by atomic mass is 35.5. The molecule has 0 unspecified atom stereocenters. The van der Waals surface area contributed by atoms with E-state index in [2.05, 4.69) is 11.4 Å². The third-order valence-corrected chi connectivity index (χ3v) is 6.44. The van der Waals surface area contributed by atoms with Crippen LogP contribution in [0.15, 0.2) is 89.6 Å². The van der Waals surface area contributed by atoms with E-state index in [0.717, 1.165) is 22.4 Å². The summed E-state index contributed by atoms with van der Waals surface area (Å²) in [6.45, 7) is 1.34. The van der Waals surface area contributed by atoms with Crippen molar-refractivity contribution >= 4 is 35.0 Å². The van der Waals surface area contributed by atoms with Crippen LogP contribution in [-0.4, -0.2) is 34.1 Å². The molecule has 3 aromatic carbocycles. The predicted molar refractivity (Wildman–Crippen MR) is 130 cm³/mol. The average Bonchev–Trinajstić information content (AvgIpc) is 3.07. The normalized spacial score (nSPS) is 15.6. The molecule has 170 valence electrons. The lowest BCUT2D eigenvalue weighted by atomic mass is 9.99. The molecule has 1 N–H and O–H groups in total. The summed E-state index contributed by atoms with van der Waals surface area (Å²) in [6, 6.07) is 24.3. The third kappa shape index (κ3) is 4.20. The van der Waals surface area contributed by atoms with Gasteiger partial charge >= 0.3 is 0 Å². The molecular weight excluding hydrogens is 450 g/mol. The molecule has 3 aromatic rings. The van der Waals surface area contributed by atoms with Gasteiger partial charge in [-0.3, -0.25) is 19.3 Å². The van der Waals surface area contributed by atoms with Gasteiger partial charge in [-0.25, -0.2) is 0 Å². The van der Waals surface area contributed by atoms with Crippen LogP contribution in [0.4, 0.5) is 5.69 Å². The number of hydrogen-bond donors (Lipinski definition) is 1. The molecule has 0 atom stereocenters.